The van der Waals surface area contributed by atoms with E-state index in [1.54, 1.807) is 23.5 Å². The summed E-state index contributed by atoms with van der Waals surface area (Å²) in [6, 6.07) is 11.0. The van der Waals surface area contributed by atoms with Crippen LogP contribution in [0.5, 0.6) is 0 Å². The molecule has 0 aliphatic rings. The van der Waals surface area contributed by atoms with Crippen molar-refractivity contribution >= 4 is 28.7 Å². The molecule has 4 N–H and O–H groups in total. The maximum absolute atomic E-state index is 12.0. The molecule has 0 aliphatic carbocycles. The van der Waals surface area contributed by atoms with Crippen molar-refractivity contribution in [1.82, 2.24) is 5.32 Å². The second-order valence-corrected chi connectivity index (χ2v) is 5.56. The van der Waals surface area contributed by atoms with E-state index >= 15 is 0 Å². The van der Waals surface area contributed by atoms with E-state index < -0.39 is 0 Å². The van der Waals surface area contributed by atoms with Crippen LogP contribution in [-0.2, 0) is 0 Å². The number of nitrogens with one attached hydrogen (secondary N) is 2. The van der Waals surface area contributed by atoms with Gasteiger partial charge < -0.3 is 16.4 Å². The van der Waals surface area contributed by atoms with Crippen LogP contribution in [0.2, 0.25) is 0 Å². The Morgan fingerprint density at radius 3 is 2.85 bits per heavy atom. The number of nitrogen functional groups attached to an aromatic ring is 1. The number of amides is 2. The van der Waals surface area contributed by atoms with Crippen molar-refractivity contribution < 1.29 is 4.79 Å². The number of hydrogen-bond donors (Lipinski definition) is 3. The monoisotopic (exact) mass is 289 g/mol. The Hall–Kier alpha value is -2.01. The minimum absolute atomic E-state index is 0.0565. The summed E-state index contributed by atoms with van der Waals surface area (Å²) in [7, 11) is 0. The average molecular weight is 289 g/mol. The van der Waals surface area contributed by atoms with Gasteiger partial charge >= 0.3 is 6.03 Å². The van der Waals surface area contributed by atoms with E-state index in [0.717, 1.165) is 12.8 Å². The molecule has 0 saturated carbocycles. The Morgan fingerprint density at radius 2 is 2.20 bits per heavy atom. The smallest absolute Gasteiger partial charge is 0.319 e. The summed E-state index contributed by atoms with van der Waals surface area (Å²) in [4.78, 5) is 13.2. The number of carbonyl (C=O) groups is 1. The minimum atomic E-state index is -0.206. The topological polar surface area (TPSA) is 67.2 Å². The van der Waals surface area contributed by atoms with Gasteiger partial charge in [-0.1, -0.05) is 25.5 Å². The Morgan fingerprint density at radius 1 is 1.35 bits per heavy atom. The van der Waals surface area contributed by atoms with Gasteiger partial charge in [-0.3, -0.25) is 0 Å². The van der Waals surface area contributed by atoms with Crippen molar-refractivity contribution in [1.29, 1.82) is 0 Å². The number of rotatable bonds is 5. The summed E-state index contributed by atoms with van der Waals surface area (Å²) in [6.07, 6.45) is 1.94. The number of hydrogen-bond acceptors (Lipinski definition) is 3. The molecule has 1 aromatic heterocycles. The van der Waals surface area contributed by atoms with Crippen molar-refractivity contribution in [2.75, 3.05) is 11.1 Å². The molecule has 1 unspecified atom stereocenters. The minimum Gasteiger partial charge on any atom is -0.399 e. The van der Waals surface area contributed by atoms with Gasteiger partial charge in [-0.25, -0.2) is 4.79 Å². The first-order valence-electron chi connectivity index (χ1n) is 6.65. The molecule has 20 heavy (non-hydrogen) atoms. The molecule has 106 valence electrons. The van der Waals surface area contributed by atoms with E-state index in [4.69, 9.17) is 5.73 Å². The maximum atomic E-state index is 12.0. The molecule has 0 fully saturated rings. The normalized spacial score (nSPS) is 11.8. The molecule has 0 spiro atoms. The Kier molecular flexibility index (Phi) is 5.01. The molecule has 0 aliphatic heterocycles. The standard InChI is InChI=1S/C15H19N3OS/c1-2-5-13(14-8-4-9-20-14)18-15(19)17-12-7-3-6-11(16)10-12/h3-4,6-10,13H,2,5,16H2,1H3,(H2,17,18,19). The van der Waals surface area contributed by atoms with E-state index in [0.29, 0.717) is 11.4 Å². The van der Waals surface area contributed by atoms with E-state index in [1.807, 2.05) is 29.6 Å². The molecule has 0 bridgehead atoms. The first-order valence-corrected chi connectivity index (χ1v) is 7.53. The highest BCUT2D eigenvalue weighted by Gasteiger charge is 2.14. The van der Waals surface area contributed by atoms with Gasteiger partial charge in [0, 0.05) is 16.3 Å². The summed E-state index contributed by atoms with van der Waals surface area (Å²) in [5.41, 5.74) is 7.02. The first-order chi connectivity index (χ1) is 9.69. The van der Waals surface area contributed by atoms with Crippen molar-refractivity contribution in [3.8, 4) is 0 Å². The number of benzene rings is 1. The fourth-order valence-corrected chi connectivity index (χ4v) is 2.82. The molecule has 5 heteroatoms. The van der Waals surface area contributed by atoms with Gasteiger partial charge in [0.05, 0.1) is 6.04 Å². The highest BCUT2D eigenvalue weighted by Crippen LogP contribution is 2.23. The van der Waals surface area contributed by atoms with Crippen LogP contribution in [0, 0.1) is 0 Å². The van der Waals surface area contributed by atoms with Crippen LogP contribution in [0.3, 0.4) is 0 Å². The fourth-order valence-electron chi connectivity index (χ4n) is 2.01. The lowest BCUT2D eigenvalue weighted by Gasteiger charge is -2.17. The van der Waals surface area contributed by atoms with Crippen LogP contribution >= 0.6 is 11.3 Å². The average Bonchev–Trinajstić information content (AvgIpc) is 2.92. The lowest BCUT2D eigenvalue weighted by atomic mass is 10.1. The number of thiophene rings is 1. The number of urea groups is 1. The molecule has 2 rings (SSSR count). The Bertz CT molecular complexity index is 554. The number of carbonyl (C=O) groups excluding carboxylic acids is 1. The number of nitrogens with two attached hydrogens (primary N) is 1. The van der Waals surface area contributed by atoms with Gasteiger partial charge in [-0.2, -0.15) is 0 Å². The van der Waals surface area contributed by atoms with Crippen LogP contribution in [-0.4, -0.2) is 6.03 Å². The van der Waals surface area contributed by atoms with Gasteiger partial charge in [0.1, 0.15) is 0 Å². The summed E-state index contributed by atoms with van der Waals surface area (Å²) in [6.45, 7) is 2.11. The third kappa shape index (κ3) is 3.99. The van der Waals surface area contributed by atoms with Crippen LogP contribution in [0.15, 0.2) is 41.8 Å². The number of anilines is 2. The van der Waals surface area contributed by atoms with E-state index in [9.17, 15) is 4.79 Å². The zero-order valence-corrected chi connectivity index (χ0v) is 12.2. The molecular weight excluding hydrogens is 270 g/mol. The van der Waals surface area contributed by atoms with Crippen molar-refractivity contribution in [2.45, 2.75) is 25.8 Å². The molecule has 0 saturated heterocycles. The second kappa shape index (κ2) is 6.96. The molecule has 1 atom stereocenters. The zero-order chi connectivity index (χ0) is 14.4. The van der Waals surface area contributed by atoms with E-state index in [1.165, 1.54) is 4.88 Å². The van der Waals surface area contributed by atoms with Crippen LogP contribution in [0.1, 0.15) is 30.7 Å². The maximum Gasteiger partial charge on any atom is 0.319 e. The lowest BCUT2D eigenvalue weighted by molar-refractivity contribution is 0.248. The van der Waals surface area contributed by atoms with Crippen LogP contribution in [0.4, 0.5) is 16.2 Å². The van der Waals surface area contributed by atoms with Gasteiger partial charge in [-0.15, -0.1) is 11.3 Å². The first kappa shape index (κ1) is 14.4. The molecule has 4 nitrogen and oxygen atoms in total. The molecule has 0 radical (unpaired) electrons. The van der Waals surface area contributed by atoms with Crippen LogP contribution in [0.25, 0.3) is 0 Å². The largest absolute Gasteiger partial charge is 0.399 e. The van der Waals surface area contributed by atoms with Gasteiger partial charge in [-0.05, 0) is 36.1 Å². The third-order valence-corrected chi connectivity index (χ3v) is 3.90. The zero-order valence-electron chi connectivity index (χ0n) is 11.4. The predicted octanol–water partition coefficient (Wildman–Crippen LogP) is 3.99. The third-order valence-electron chi connectivity index (χ3n) is 2.91. The SMILES string of the molecule is CCCC(NC(=O)Nc1cccc(N)c1)c1cccs1. The highest BCUT2D eigenvalue weighted by molar-refractivity contribution is 7.10. The van der Waals surface area contributed by atoms with Gasteiger partial charge in [0.25, 0.3) is 0 Å². The van der Waals surface area contributed by atoms with E-state index in [-0.39, 0.29) is 12.1 Å². The summed E-state index contributed by atoms with van der Waals surface area (Å²) in [5, 5.41) is 7.84. The summed E-state index contributed by atoms with van der Waals surface area (Å²) in [5.74, 6) is 0. The quantitative estimate of drug-likeness (QED) is 0.728. The lowest BCUT2D eigenvalue weighted by Crippen LogP contribution is -2.32. The predicted molar refractivity (Wildman–Crippen MR) is 85.0 cm³/mol. The Balaban J connectivity index is 1.98. The molecule has 2 aromatic rings. The Labute approximate surface area is 123 Å². The van der Waals surface area contributed by atoms with Gasteiger partial charge in [0.2, 0.25) is 0 Å². The molecule has 2 amide bonds. The van der Waals surface area contributed by atoms with E-state index in [2.05, 4.69) is 17.6 Å². The van der Waals surface area contributed by atoms with Crippen molar-refractivity contribution in [2.24, 2.45) is 0 Å². The summed E-state index contributed by atoms with van der Waals surface area (Å²) < 4.78 is 0. The van der Waals surface area contributed by atoms with Crippen LogP contribution < -0.4 is 16.4 Å². The van der Waals surface area contributed by atoms with Crippen molar-refractivity contribution in [3.63, 3.8) is 0 Å². The fraction of sp³-hybridized carbons (Fsp3) is 0.267. The molecular formula is C15H19N3OS. The second-order valence-electron chi connectivity index (χ2n) is 4.58. The summed E-state index contributed by atoms with van der Waals surface area (Å²) >= 11 is 1.66. The van der Waals surface area contributed by atoms with Crippen molar-refractivity contribution in [3.05, 3.63) is 46.7 Å². The van der Waals surface area contributed by atoms with Gasteiger partial charge in [0.15, 0.2) is 0 Å². The molecule has 1 aromatic carbocycles. The molecule has 1 heterocycles. The highest BCUT2D eigenvalue weighted by atomic mass is 32.1.